The van der Waals surface area contributed by atoms with Crippen molar-refractivity contribution in [2.45, 2.75) is 0 Å². The molecule has 7 aromatic carbocycles. The molecule has 0 saturated carbocycles. The van der Waals surface area contributed by atoms with Crippen LogP contribution in [0.15, 0.2) is 128 Å². The molecular weight excluding hydrogens is 572 g/mol. The number of fused-ring (bicyclic) bond motifs is 10. The molecule has 0 fully saturated rings. The van der Waals surface area contributed by atoms with Crippen LogP contribution in [-0.2, 0) is 0 Å². The molecule has 0 aliphatic heterocycles. The van der Waals surface area contributed by atoms with Gasteiger partial charge < -0.3 is 0 Å². The molecule has 11 rings (SSSR count). The minimum atomic E-state index is -0.168. The Bertz CT molecular complexity index is 3200. The summed E-state index contributed by atoms with van der Waals surface area (Å²) in [6, 6.07) is 33.5. The van der Waals surface area contributed by atoms with E-state index >= 15 is 0 Å². The third-order valence-electron chi connectivity index (χ3n) is 10.2. The van der Waals surface area contributed by atoms with Crippen molar-refractivity contribution in [1.82, 2.24) is 8.80 Å². The van der Waals surface area contributed by atoms with Crippen molar-refractivity contribution in [3.8, 4) is 0 Å². The maximum absolute atomic E-state index is 14.2. The molecule has 0 bridgehead atoms. The molecule has 46 heavy (non-hydrogen) atoms. The summed E-state index contributed by atoms with van der Waals surface area (Å²) in [5.41, 5.74) is 1.77. The van der Waals surface area contributed by atoms with Crippen molar-refractivity contribution in [3.05, 3.63) is 150 Å². The number of aromatic nitrogens is 2. The Labute approximate surface area is 256 Å². The molecule has 11 aromatic rings. The van der Waals surface area contributed by atoms with Gasteiger partial charge >= 0.3 is 0 Å². The van der Waals surface area contributed by atoms with Crippen LogP contribution in [-0.4, -0.2) is 8.80 Å². The van der Waals surface area contributed by atoms with E-state index in [4.69, 9.17) is 0 Å². The highest BCUT2D eigenvalue weighted by molar-refractivity contribution is 6.40. The van der Waals surface area contributed by atoms with Crippen LogP contribution in [0.4, 0.5) is 0 Å². The van der Waals surface area contributed by atoms with Gasteiger partial charge in [-0.1, -0.05) is 60.7 Å². The lowest BCUT2D eigenvalue weighted by Gasteiger charge is -2.20. The average Bonchev–Trinajstić information content (AvgIpc) is 3.09. The molecule has 0 aliphatic rings. The van der Waals surface area contributed by atoms with E-state index in [1.165, 1.54) is 0 Å². The summed E-state index contributed by atoms with van der Waals surface area (Å²) in [6.45, 7) is 0. The summed E-state index contributed by atoms with van der Waals surface area (Å²) >= 11 is 0. The molecule has 0 aliphatic carbocycles. The number of para-hydroxylation sites is 2. The molecule has 6 heteroatoms. The van der Waals surface area contributed by atoms with Crippen molar-refractivity contribution in [3.63, 3.8) is 0 Å². The number of benzene rings is 7. The lowest BCUT2D eigenvalue weighted by Crippen LogP contribution is -2.18. The van der Waals surface area contributed by atoms with Crippen LogP contribution in [0.25, 0.3) is 97.5 Å². The lowest BCUT2D eigenvalue weighted by molar-refractivity contribution is 1.18. The third kappa shape index (κ3) is 2.58. The van der Waals surface area contributed by atoms with Crippen LogP contribution in [0.5, 0.6) is 0 Å². The van der Waals surface area contributed by atoms with Gasteiger partial charge in [-0.25, -0.2) is 0 Å². The standard InChI is InChI=1S/C40H18N2O4/c43-33-17-31-25-13-9-19-20-10-14-26-32-18-34(44)24-6-2-4-8-30(24)42(32)40(46)28-16-12-22(36(20)38(26)28)21-11-15-27(37(25)35(19)21)39(45)41(31)29-7-3-1-5-23(29)33/h1-18H. The maximum atomic E-state index is 14.2. The van der Waals surface area contributed by atoms with Gasteiger partial charge in [-0.15, -0.1) is 0 Å². The van der Waals surface area contributed by atoms with Crippen molar-refractivity contribution in [2.24, 2.45) is 0 Å². The van der Waals surface area contributed by atoms with Gasteiger partial charge in [0.2, 0.25) is 0 Å². The van der Waals surface area contributed by atoms with E-state index in [9.17, 15) is 19.2 Å². The Morgan fingerprint density at radius 2 is 0.630 bits per heavy atom. The number of pyridine rings is 4. The fourth-order valence-electron chi connectivity index (χ4n) is 8.29. The molecule has 0 saturated heterocycles. The first-order chi connectivity index (χ1) is 22.5. The van der Waals surface area contributed by atoms with Gasteiger partial charge in [0.05, 0.1) is 22.1 Å². The summed E-state index contributed by atoms with van der Waals surface area (Å²) < 4.78 is 3.32. The van der Waals surface area contributed by atoms with Crippen LogP contribution >= 0.6 is 0 Å². The van der Waals surface area contributed by atoms with Crippen molar-refractivity contribution in [2.75, 3.05) is 0 Å². The van der Waals surface area contributed by atoms with E-state index in [1.54, 1.807) is 33.1 Å². The monoisotopic (exact) mass is 590 g/mol. The second-order valence-corrected chi connectivity index (χ2v) is 12.2. The second kappa shape index (κ2) is 7.81. The highest BCUT2D eigenvalue weighted by atomic mass is 16.1. The molecule has 0 N–H and O–H groups in total. The van der Waals surface area contributed by atoms with Crippen LogP contribution in [0.1, 0.15) is 0 Å². The van der Waals surface area contributed by atoms with E-state index in [-0.39, 0.29) is 22.0 Å². The SMILES string of the molecule is O=c1cc2c3ccc4c5ccc6c7c(ccc(c8ccc(c(=O)n2c2ccccc12)c3c84)c57)c(=O)n1c2ccccc2c(=O)cc61. The van der Waals surface area contributed by atoms with Gasteiger partial charge in [0.1, 0.15) is 0 Å². The highest BCUT2D eigenvalue weighted by Crippen LogP contribution is 2.45. The van der Waals surface area contributed by atoms with E-state index in [0.717, 1.165) is 53.9 Å². The van der Waals surface area contributed by atoms with E-state index in [2.05, 4.69) is 12.1 Å². The largest absolute Gasteiger partial charge is 0.289 e. The molecule has 0 amide bonds. The summed E-state index contributed by atoms with van der Waals surface area (Å²) in [6.07, 6.45) is 0. The number of hydrogen-bond donors (Lipinski definition) is 0. The average molecular weight is 591 g/mol. The number of rotatable bonds is 0. The van der Waals surface area contributed by atoms with Crippen LogP contribution in [0, 0.1) is 0 Å². The van der Waals surface area contributed by atoms with Crippen molar-refractivity contribution >= 4 is 97.5 Å². The van der Waals surface area contributed by atoms with Crippen LogP contribution in [0.3, 0.4) is 0 Å². The summed E-state index contributed by atoms with van der Waals surface area (Å²) in [5, 5.41) is 11.3. The zero-order chi connectivity index (χ0) is 30.6. The molecule has 4 aromatic heterocycles. The fourth-order valence-corrected chi connectivity index (χ4v) is 8.29. The zero-order valence-corrected chi connectivity index (χ0v) is 23.9. The van der Waals surface area contributed by atoms with Gasteiger partial charge in [-0.05, 0) is 68.7 Å². The Kier molecular flexibility index (Phi) is 4.07. The van der Waals surface area contributed by atoms with E-state index in [0.29, 0.717) is 43.6 Å². The normalized spacial score (nSPS) is 12.7. The quantitative estimate of drug-likeness (QED) is 0.139. The fraction of sp³-hybridized carbons (Fsp3) is 0. The van der Waals surface area contributed by atoms with Crippen molar-refractivity contribution < 1.29 is 0 Å². The maximum Gasteiger partial charge on any atom is 0.263 e. The Morgan fingerprint density at radius 1 is 0.304 bits per heavy atom. The predicted molar refractivity (Wildman–Crippen MR) is 187 cm³/mol. The first-order valence-electron chi connectivity index (χ1n) is 15.1. The number of nitrogens with zero attached hydrogens (tertiary/aromatic N) is 2. The van der Waals surface area contributed by atoms with Gasteiger partial charge in [-0.3, -0.25) is 28.0 Å². The van der Waals surface area contributed by atoms with E-state index in [1.807, 2.05) is 72.8 Å². The Balaban J connectivity index is 1.39. The topological polar surface area (TPSA) is 77.1 Å². The predicted octanol–water partition coefficient (Wildman–Crippen LogP) is 7.17. The first kappa shape index (κ1) is 24.0. The molecule has 4 heterocycles. The molecule has 6 nitrogen and oxygen atoms in total. The van der Waals surface area contributed by atoms with Crippen LogP contribution in [0.2, 0.25) is 0 Å². The Hall–Kier alpha value is -6.40. The van der Waals surface area contributed by atoms with E-state index < -0.39 is 0 Å². The van der Waals surface area contributed by atoms with Gasteiger partial charge in [-0.2, -0.15) is 0 Å². The highest BCUT2D eigenvalue weighted by Gasteiger charge is 2.23. The minimum Gasteiger partial charge on any atom is -0.289 e. The molecule has 212 valence electrons. The smallest absolute Gasteiger partial charge is 0.263 e. The lowest BCUT2D eigenvalue weighted by atomic mass is 9.85. The molecule has 0 radical (unpaired) electrons. The minimum absolute atomic E-state index is 0.125. The third-order valence-corrected chi connectivity index (χ3v) is 10.2. The van der Waals surface area contributed by atoms with Crippen molar-refractivity contribution in [1.29, 1.82) is 0 Å². The van der Waals surface area contributed by atoms with Gasteiger partial charge in [0.15, 0.2) is 10.9 Å². The van der Waals surface area contributed by atoms with Gasteiger partial charge in [0, 0.05) is 55.2 Å². The number of hydrogen-bond acceptors (Lipinski definition) is 4. The summed E-state index contributed by atoms with van der Waals surface area (Å²) in [5.74, 6) is 0. The summed E-state index contributed by atoms with van der Waals surface area (Å²) in [4.78, 5) is 54.8. The molecule has 0 unspecified atom stereocenters. The first-order valence-corrected chi connectivity index (χ1v) is 15.1. The molecular formula is C40H18N2O4. The van der Waals surface area contributed by atoms with Crippen LogP contribution < -0.4 is 22.0 Å². The molecule has 0 atom stereocenters. The molecule has 0 spiro atoms. The second-order valence-electron chi connectivity index (χ2n) is 12.2. The zero-order valence-electron chi connectivity index (χ0n) is 23.9. The summed E-state index contributed by atoms with van der Waals surface area (Å²) in [7, 11) is 0. The van der Waals surface area contributed by atoms with Gasteiger partial charge in [0.25, 0.3) is 11.1 Å². The Morgan fingerprint density at radius 3 is 1.04 bits per heavy atom.